The fraction of sp³-hybridized carbons (Fsp3) is 0.227. The summed E-state index contributed by atoms with van der Waals surface area (Å²) in [6, 6.07) is 14.3. The molecule has 1 aliphatic rings. The molecule has 150 valence electrons. The Morgan fingerprint density at radius 1 is 1.00 bits per heavy atom. The first-order chi connectivity index (χ1) is 14.0. The molecule has 0 saturated carbocycles. The van der Waals surface area contributed by atoms with Crippen LogP contribution in [0.5, 0.6) is 0 Å². The van der Waals surface area contributed by atoms with Crippen LogP contribution in [-0.2, 0) is 4.79 Å². The molecule has 1 fully saturated rings. The van der Waals surface area contributed by atoms with Crippen LogP contribution in [-0.4, -0.2) is 34.9 Å². The monoisotopic (exact) mass is 427 g/mol. The van der Waals surface area contributed by atoms with Gasteiger partial charge in [0.15, 0.2) is 5.11 Å². The van der Waals surface area contributed by atoms with Gasteiger partial charge in [0, 0.05) is 24.2 Å². The average Bonchev–Trinajstić information content (AvgIpc) is 2.74. The van der Waals surface area contributed by atoms with Gasteiger partial charge in [-0.05, 0) is 67.4 Å². The minimum atomic E-state index is -0.364. The van der Waals surface area contributed by atoms with Crippen LogP contribution in [0.4, 0.5) is 5.69 Å². The average molecular weight is 428 g/mol. The van der Waals surface area contributed by atoms with Gasteiger partial charge in [-0.15, -0.1) is 0 Å². The molecule has 0 atom stereocenters. The highest BCUT2D eigenvalue weighted by atomic mass is 35.5. The Balaban J connectivity index is 1.61. The van der Waals surface area contributed by atoms with E-state index < -0.39 is 0 Å². The van der Waals surface area contributed by atoms with Crippen molar-refractivity contribution >= 4 is 52.5 Å². The van der Waals surface area contributed by atoms with Crippen molar-refractivity contribution in [3.05, 3.63) is 70.8 Å². The molecule has 3 rings (SSSR count). The minimum absolute atomic E-state index is 0.0236. The Bertz CT molecular complexity index is 922. The number of likely N-dealkylation sites (tertiary alicyclic amines) is 1. The highest BCUT2D eigenvalue weighted by Gasteiger charge is 2.20. The third kappa shape index (κ3) is 6.14. The summed E-state index contributed by atoms with van der Waals surface area (Å²) in [7, 11) is 0. The summed E-state index contributed by atoms with van der Waals surface area (Å²) in [6.07, 6.45) is 6.26. The number of para-hydroxylation sites is 1. The number of amides is 2. The lowest BCUT2D eigenvalue weighted by molar-refractivity contribution is -0.115. The molecule has 1 heterocycles. The quantitative estimate of drug-likeness (QED) is 0.557. The SMILES string of the molecule is O=C(/C=C/c1ccc(Cl)cc1)NC(=S)Nc1ccccc1C(=O)N1CCCCC1. The van der Waals surface area contributed by atoms with Crippen molar-refractivity contribution in [1.29, 1.82) is 0 Å². The molecule has 0 spiro atoms. The minimum Gasteiger partial charge on any atom is -0.339 e. The van der Waals surface area contributed by atoms with Gasteiger partial charge >= 0.3 is 0 Å². The maximum absolute atomic E-state index is 12.8. The van der Waals surface area contributed by atoms with E-state index in [2.05, 4.69) is 10.6 Å². The number of benzene rings is 2. The lowest BCUT2D eigenvalue weighted by atomic mass is 10.1. The van der Waals surface area contributed by atoms with Crippen molar-refractivity contribution in [1.82, 2.24) is 10.2 Å². The first-order valence-corrected chi connectivity index (χ1v) is 10.3. The van der Waals surface area contributed by atoms with Crippen molar-refractivity contribution in [3.8, 4) is 0 Å². The molecule has 0 aliphatic carbocycles. The second-order valence-corrected chi connectivity index (χ2v) is 7.57. The van der Waals surface area contributed by atoms with Gasteiger partial charge in [-0.2, -0.15) is 0 Å². The zero-order valence-corrected chi connectivity index (χ0v) is 17.4. The number of halogens is 1. The summed E-state index contributed by atoms with van der Waals surface area (Å²) in [5, 5.41) is 6.34. The number of hydrogen-bond donors (Lipinski definition) is 2. The first kappa shape index (κ1) is 21.0. The maximum atomic E-state index is 12.8. The van der Waals surface area contributed by atoms with Gasteiger partial charge in [0.25, 0.3) is 5.91 Å². The largest absolute Gasteiger partial charge is 0.339 e. The van der Waals surface area contributed by atoms with E-state index in [9.17, 15) is 9.59 Å². The molecule has 0 unspecified atom stereocenters. The molecule has 5 nitrogen and oxygen atoms in total. The molecule has 0 bridgehead atoms. The van der Waals surface area contributed by atoms with Gasteiger partial charge in [-0.1, -0.05) is 35.9 Å². The fourth-order valence-corrected chi connectivity index (χ4v) is 3.44. The first-order valence-electron chi connectivity index (χ1n) is 9.47. The summed E-state index contributed by atoms with van der Waals surface area (Å²) < 4.78 is 0. The molecule has 1 saturated heterocycles. The van der Waals surface area contributed by atoms with Crippen LogP contribution in [0.15, 0.2) is 54.6 Å². The van der Waals surface area contributed by atoms with E-state index >= 15 is 0 Å². The van der Waals surface area contributed by atoms with Crippen LogP contribution in [0.25, 0.3) is 6.08 Å². The smallest absolute Gasteiger partial charge is 0.255 e. The number of carbonyl (C=O) groups is 2. The summed E-state index contributed by atoms with van der Waals surface area (Å²) >= 11 is 11.1. The van der Waals surface area contributed by atoms with Crippen LogP contribution in [0.2, 0.25) is 5.02 Å². The van der Waals surface area contributed by atoms with Crippen molar-refractivity contribution in [3.63, 3.8) is 0 Å². The molecule has 2 aromatic carbocycles. The number of nitrogens with zero attached hydrogens (tertiary/aromatic N) is 1. The Morgan fingerprint density at radius 2 is 1.69 bits per heavy atom. The summed E-state index contributed by atoms with van der Waals surface area (Å²) in [5.41, 5.74) is 1.97. The molecular formula is C22H22ClN3O2S. The highest BCUT2D eigenvalue weighted by molar-refractivity contribution is 7.80. The molecule has 1 aliphatic heterocycles. The van der Waals surface area contributed by atoms with Gasteiger partial charge in [-0.3, -0.25) is 14.9 Å². The molecule has 2 N–H and O–H groups in total. The van der Waals surface area contributed by atoms with E-state index in [1.807, 2.05) is 29.2 Å². The van der Waals surface area contributed by atoms with Gasteiger partial charge in [-0.25, -0.2) is 0 Å². The van der Waals surface area contributed by atoms with Gasteiger partial charge in [0.1, 0.15) is 0 Å². The number of nitrogens with one attached hydrogen (secondary N) is 2. The number of hydrogen-bond acceptors (Lipinski definition) is 3. The van der Waals surface area contributed by atoms with Crippen LogP contribution in [0, 0.1) is 0 Å². The number of anilines is 1. The van der Waals surface area contributed by atoms with Crippen LogP contribution in [0.3, 0.4) is 0 Å². The van der Waals surface area contributed by atoms with Crippen LogP contribution >= 0.6 is 23.8 Å². The Morgan fingerprint density at radius 3 is 2.41 bits per heavy atom. The Labute approximate surface area is 180 Å². The zero-order valence-electron chi connectivity index (χ0n) is 15.9. The van der Waals surface area contributed by atoms with Crippen molar-refractivity contribution in [2.24, 2.45) is 0 Å². The standard InChI is InChI=1S/C22H22ClN3O2S/c23-17-11-8-16(9-12-17)10-13-20(27)25-22(29)24-19-7-3-2-6-18(19)21(28)26-14-4-1-5-15-26/h2-3,6-13H,1,4-5,14-15H2,(H2,24,25,27,29)/b13-10+. The summed E-state index contributed by atoms with van der Waals surface area (Å²) in [6.45, 7) is 1.54. The van der Waals surface area contributed by atoms with Crippen LogP contribution < -0.4 is 10.6 Å². The second kappa shape index (κ2) is 10.2. The molecular weight excluding hydrogens is 406 g/mol. The normalized spacial score (nSPS) is 13.9. The number of rotatable bonds is 4. The summed E-state index contributed by atoms with van der Waals surface area (Å²) in [4.78, 5) is 26.8. The van der Waals surface area contributed by atoms with Gasteiger partial charge < -0.3 is 10.2 Å². The number of thiocarbonyl (C=S) groups is 1. The van der Waals surface area contributed by atoms with Crippen molar-refractivity contribution in [2.75, 3.05) is 18.4 Å². The maximum Gasteiger partial charge on any atom is 0.255 e. The Kier molecular flexibility index (Phi) is 7.38. The number of carbonyl (C=O) groups excluding carboxylic acids is 2. The van der Waals surface area contributed by atoms with E-state index in [1.54, 1.807) is 30.3 Å². The third-order valence-corrected chi connectivity index (χ3v) is 5.04. The van der Waals surface area contributed by atoms with Gasteiger partial charge in [0.05, 0.1) is 11.3 Å². The topological polar surface area (TPSA) is 61.4 Å². The third-order valence-electron chi connectivity index (χ3n) is 4.58. The van der Waals surface area contributed by atoms with E-state index in [-0.39, 0.29) is 16.9 Å². The molecule has 2 aromatic rings. The van der Waals surface area contributed by atoms with E-state index in [0.29, 0.717) is 16.3 Å². The highest BCUT2D eigenvalue weighted by Crippen LogP contribution is 2.20. The summed E-state index contributed by atoms with van der Waals surface area (Å²) in [5.74, 6) is -0.387. The zero-order chi connectivity index (χ0) is 20.6. The molecule has 7 heteroatoms. The number of piperidine rings is 1. The van der Waals surface area contributed by atoms with Crippen LogP contribution in [0.1, 0.15) is 35.2 Å². The lowest BCUT2D eigenvalue weighted by Crippen LogP contribution is -2.37. The molecule has 0 radical (unpaired) electrons. The fourth-order valence-electron chi connectivity index (χ4n) is 3.10. The van der Waals surface area contributed by atoms with E-state index in [0.717, 1.165) is 37.9 Å². The van der Waals surface area contributed by atoms with Crippen molar-refractivity contribution < 1.29 is 9.59 Å². The molecule has 29 heavy (non-hydrogen) atoms. The molecule has 0 aromatic heterocycles. The van der Waals surface area contributed by atoms with E-state index in [1.165, 1.54) is 6.08 Å². The van der Waals surface area contributed by atoms with E-state index in [4.69, 9.17) is 23.8 Å². The van der Waals surface area contributed by atoms with Gasteiger partial charge in [0.2, 0.25) is 5.91 Å². The Hall–Kier alpha value is -2.70. The predicted octanol–water partition coefficient (Wildman–Crippen LogP) is 4.49. The van der Waals surface area contributed by atoms with Crippen molar-refractivity contribution in [2.45, 2.75) is 19.3 Å². The second-order valence-electron chi connectivity index (χ2n) is 6.73. The lowest BCUT2D eigenvalue weighted by Gasteiger charge is -2.27. The predicted molar refractivity (Wildman–Crippen MR) is 121 cm³/mol. The molecule has 2 amide bonds.